The third kappa shape index (κ3) is 2.86. The molecule has 1 aliphatic heterocycles. The molecular formula is C13H16ClNO5S. The normalized spacial score (nSPS) is 19.7. The maximum atomic E-state index is 12.7. The SMILES string of the molecule is COc1cc(C)c(S(=O)(=O)N2CCC[C@@H]2C(=O)O)cc1Cl. The topological polar surface area (TPSA) is 83.9 Å². The van der Waals surface area contributed by atoms with Crippen LogP contribution in [0.5, 0.6) is 5.75 Å². The average molecular weight is 334 g/mol. The van der Waals surface area contributed by atoms with Crippen molar-refractivity contribution in [3.05, 3.63) is 22.7 Å². The van der Waals surface area contributed by atoms with Crippen LogP contribution in [-0.4, -0.2) is 43.5 Å². The number of rotatable bonds is 4. The Morgan fingerprint density at radius 2 is 2.14 bits per heavy atom. The van der Waals surface area contributed by atoms with Gasteiger partial charge in [0, 0.05) is 6.54 Å². The first-order valence-corrected chi connectivity index (χ1v) is 8.19. The zero-order valence-electron chi connectivity index (χ0n) is 11.7. The molecule has 1 fully saturated rings. The number of benzene rings is 1. The summed E-state index contributed by atoms with van der Waals surface area (Å²) in [6, 6.07) is 1.82. The maximum absolute atomic E-state index is 12.7. The van der Waals surface area contributed by atoms with Crippen molar-refractivity contribution in [3.63, 3.8) is 0 Å². The molecule has 21 heavy (non-hydrogen) atoms. The van der Waals surface area contributed by atoms with Crippen LogP contribution >= 0.6 is 11.6 Å². The number of aryl methyl sites for hydroxylation is 1. The van der Waals surface area contributed by atoms with Gasteiger partial charge in [-0.2, -0.15) is 4.31 Å². The largest absolute Gasteiger partial charge is 0.495 e. The zero-order chi connectivity index (χ0) is 15.8. The lowest BCUT2D eigenvalue weighted by Gasteiger charge is -2.22. The number of carboxylic acid groups (broad SMARTS) is 1. The van der Waals surface area contributed by atoms with Crippen LogP contribution in [0.2, 0.25) is 5.02 Å². The van der Waals surface area contributed by atoms with E-state index in [1.54, 1.807) is 6.92 Å². The average Bonchev–Trinajstić information content (AvgIpc) is 2.91. The Balaban J connectivity index is 2.49. The van der Waals surface area contributed by atoms with Gasteiger partial charge in [-0.15, -0.1) is 0 Å². The Bertz CT molecular complexity index is 673. The number of carboxylic acids is 1. The third-order valence-electron chi connectivity index (χ3n) is 3.52. The summed E-state index contributed by atoms with van der Waals surface area (Å²) < 4.78 is 31.4. The minimum Gasteiger partial charge on any atom is -0.495 e. The van der Waals surface area contributed by atoms with Crippen LogP contribution in [-0.2, 0) is 14.8 Å². The minimum atomic E-state index is -3.90. The molecule has 1 saturated heterocycles. The van der Waals surface area contributed by atoms with Crippen LogP contribution in [0, 0.1) is 6.92 Å². The predicted molar refractivity (Wildman–Crippen MR) is 77.3 cm³/mol. The van der Waals surface area contributed by atoms with Crippen LogP contribution in [0.25, 0.3) is 0 Å². The lowest BCUT2D eigenvalue weighted by molar-refractivity contribution is -0.140. The second kappa shape index (κ2) is 5.82. The molecule has 1 aromatic carbocycles. The molecule has 1 heterocycles. The van der Waals surface area contributed by atoms with Gasteiger partial charge in [0.2, 0.25) is 10.0 Å². The van der Waals surface area contributed by atoms with E-state index in [9.17, 15) is 13.2 Å². The van der Waals surface area contributed by atoms with E-state index in [1.807, 2.05) is 0 Å². The van der Waals surface area contributed by atoms with Crippen molar-refractivity contribution in [2.24, 2.45) is 0 Å². The summed E-state index contributed by atoms with van der Waals surface area (Å²) in [6.07, 6.45) is 0.844. The Morgan fingerprint density at radius 3 is 2.71 bits per heavy atom. The Labute approximate surface area is 128 Å². The van der Waals surface area contributed by atoms with Crippen molar-refractivity contribution in [2.75, 3.05) is 13.7 Å². The van der Waals surface area contributed by atoms with Crippen molar-refractivity contribution in [1.82, 2.24) is 4.31 Å². The van der Waals surface area contributed by atoms with E-state index >= 15 is 0 Å². The lowest BCUT2D eigenvalue weighted by atomic mass is 10.2. The zero-order valence-corrected chi connectivity index (χ0v) is 13.2. The predicted octanol–water partition coefficient (Wildman–Crippen LogP) is 1.89. The van der Waals surface area contributed by atoms with Crippen LogP contribution in [0.1, 0.15) is 18.4 Å². The van der Waals surface area contributed by atoms with E-state index in [0.717, 1.165) is 4.31 Å². The molecule has 0 unspecified atom stereocenters. The van der Waals surface area contributed by atoms with Crippen molar-refractivity contribution in [2.45, 2.75) is 30.7 Å². The number of hydrogen-bond acceptors (Lipinski definition) is 4. The Hall–Kier alpha value is -1.31. The summed E-state index contributed by atoms with van der Waals surface area (Å²) >= 11 is 5.99. The summed E-state index contributed by atoms with van der Waals surface area (Å²) in [4.78, 5) is 11.2. The first-order valence-electron chi connectivity index (χ1n) is 6.38. The monoisotopic (exact) mass is 333 g/mol. The number of sulfonamides is 1. The summed E-state index contributed by atoms with van der Waals surface area (Å²) in [7, 11) is -2.46. The third-order valence-corrected chi connectivity index (χ3v) is 5.87. The molecule has 1 aromatic rings. The molecule has 0 aromatic heterocycles. The molecule has 1 N–H and O–H groups in total. The highest BCUT2D eigenvalue weighted by Gasteiger charge is 2.40. The van der Waals surface area contributed by atoms with Gasteiger partial charge in [-0.1, -0.05) is 11.6 Å². The maximum Gasteiger partial charge on any atom is 0.322 e. The fourth-order valence-electron chi connectivity index (χ4n) is 2.47. The highest BCUT2D eigenvalue weighted by molar-refractivity contribution is 7.89. The van der Waals surface area contributed by atoms with Gasteiger partial charge in [-0.25, -0.2) is 8.42 Å². The van der Waals surface area contributed by atoms with E-state index in [4.69, 9.17) is 21.4 Å². The minimum absolute atomic E-state index is 0.0152. The van der Waals surface area contributed by atoms with E-state index in [0.29, 0.717) is 24.2 Å². The summed E-state index contributed by atoms with van der Waals surface area (Å²) in [5, 5.41) is 9.32. The van der Waals surface area contributed by atoms with E-state index in [-0.39, 0.29) is 16.5 Å². The van der Waals surface area contributed by atoms with Gasteiger partial charge in [-0.05, 0) is 37.5 Å². The number of hydrogen-bond donors (Lipinski definition) is 1. The standard InChI is InChI=1S/C13H16ClNO5S/c1-8-6-11(20-2)9(14)7-12(8)21(18,19)15-5-3-4-10(15)13(16)17/h6-7,10H,3-5H2,1-2H3,(H,16,17)/t10-/m1/s1. The summed E-state index contributed by atoms with van der Waals surface area (Å²) in [5.41, 5.74) is 0.465. The van der Waals surface area contributed by atoms with Gasteiger partial charge in [0.05, 0.1) is 17.0 Å². The first kappa shape index (κ1) is 16.1. The number of methoxy groups -OCH3 is 1. The molecular weight excluding hydrogens is 318 g/mol. The number of nitrogens with zero attached hydrogens (tertiary/aromatic N) is 1. The molecule has 0 saturated carbocycles. The van der Waals surface area contributed by atoms with Gasteiger partial charge >= 0.3 is 5.97 Å². The number of halogens is 1. The van der Waals surface area contributed by atoms with Gasteiger partial charge in [0.25, 0.3) is 0 Å². The molecule has 8 heteroatoms. The highest BCUT2D eigenvalue weighted by Crippen LogP contribution is 2.34. The second-order valence-corrected chi connectivity index (χ2v) is 7.13. The number of carbonyl (C=O) groups is 1. The van der Waals surface area contributed by atoms with Crippen molar-refractivity contribution >= 4 is 27.6 Å². The summed E-state index contributed by atoms with van der Waals surface area (Å²) in [6.45, 7) is 1.82. The molecule has 1 atom stereocenters. The highest BCUT2D eigenvalue weighted by atomic mass is 35.5. The number of aliphatic carboxylic acids is 1. The molecule has 1 aliphatic rings. The van der Waals surface area contributed by atoms with Gasteiger partial charge < -0.3 is 9.84 Å². The quantitative estimate of drug-likeness (QED) is 0.909. The fourth-order valence-corrected chi connectivity index (χ4v) is 4.66. The van der Waals surface area contributed by atoms with Crippen molar-refractivity contribution in [3.8, 4) is 5.75 Å². The first-order chi connectivity index (χ1) is 9.78. The van der Waals surface area contributed by atoms with Crippen LogP contribution in [0.4, 0.5) is 0 Å². The fraction of sp³-hybridized carbons (Fsp3) is 0.462. The van der Waals surface area contributed by atoms with Crippen molar-refractivity contribution < 1.29 is 23.1 Å². The smallest absolute Gasteiger partial charge is 0.322 e. The molecule has 0 aliphatic carbocycles. The molecule has 0 amide bonds. The van der Waals surface area contributed by atoms with E-state index < -0.39 is 22.0 Å². The molecule has 2 rings (SSSR count). The molecule has 0 radical (unpaired) electrons. The molecule has 6 nitrogen and oxygen atoms in total. The Kier molecular flexibility index (Phi) is 4.46. The van der Waals surface area contributed by atoms with E-state index in [1.165, 1.54) is 19.2 Å². The van der Waals surface area contributed by atoms with Crippen LogP contribution in [0.15, 0.2) is 17.0 Å². The van der Waals surface area contributed by atoms with Crippen molar-refractivity contribution in [1.29, 1.82) is 0 Å². The van der Waals surface area contributed by atoms with Crippen LogP contribution < -0.4 is 4.74 Å². The van der Waals surface area contributed by atoms with Gasteiger partial charge in [0.15, 0.2) is 0 Å². The summed E-state index contributed by atoms with van der Waals surface area (Å²) in [5.74, 6) is -0.752. The lowest BCUT2D eigenvalue weighted by Crippen LogP contribution is -2.40. The second-order valence-electron chi connectivity index (χ2n) is 4.86. The molecule has 0 bridgehead atoms. The molecule has 0 spiro atoms. The Morgan fingerprint density at radius 1 is 1.48 bits per heavy atom. The van der Waals surface area contributed by atoms with Gasteiger partial charge in [0.1, 0.15) is 11.8 Å². The number of ether oxygens (including phenoxy) is 1. The van der Waals surface area contributed by atoms with Crippen LogP contribution in [0.3, 0.4) is 0 Å². The van der Waals surface area contributed by atoms with E-state index in [2.05, 4.69) is 0 Å². The van der Waals surface area contributed by atoms with Gasteiger partial charge in [-0.3, -0.25) is 4.79 Å². The molecule has 116 valence electrons.